The van der Waals surface area contributed by atoms with E-state index in [-0.39, 0.29) is 18.8 Å². The van der Waals surface area contributed by atoms with E-state index in [1.807, 2.05) is 30.3 Å². The number of phenols is 1. The molecule has 180 valence electrons. The number of benzene rings is 4. The van der Waals surface area contributed by atoms with Gasteiger partial charge < -0.3 is 14.4 Å². The van der Waals surface area contributed by atoms with Gasteiger partial charge in [-0.2, -0.15) is 0 Å². The summed E-state index contributed by atoms with van der Waals surface area (Å²) in [7, 11) is 0.643. The molecule has 1 N–H and O–H groups in total. The minimum atomic E-state index is -1.05. The van der Waals surface area contributed by atoms with Crippen LogP contribution in [0.3, 0.4) is 0 Å². The Bertz CT molecular complexity index is 1450. The van der Waals surface area contributed by atoms with E-state index in [1.165, 1.54) is 22.0 Å². The summed E-state index contributed by atoms with van der Waals surface area (Å²) in [6.45, 7) is 0. The van der Waals surface area contributed by atoms with Crippen LogP contribution in [0.2, 0.25) is 0 Å². The summed E-state index contributed by atoms with van der Waals surface area (Å²) in [4.78, 5) is 0. The van der Waals surface area contributed by atoms with Gasteiger partial charge in [-0.25, -0.2) is 0 Å². The summed E-state index contributed by atoms with van der Waals surface area (Å²) in [6, 6.07) is 30.9. The molecule has 0 saturated carbocycles. The molecule has 2 unspecified atom stereocenters. The van der Waals surface area contributed by atoms with Crippen LogP contribution in [0.4, 0.5) is 0 Å². The van der Waals surface area contributed by atoms with Crippen LogP contribution >= 0.6 is 8.15 Å². The maximum Gasteiger partial charge on any atom is 0.131 e. The summed E-state index contributed by atoms with van der Waals surface area (Å²) >= 11 is 0. The van der Waals surface area contributed by atoms with Crippen LogP contribution in [-0.4, -0.2) is 12.2 Å². The van der Waals surface area contributed by atoms with Crippen molar-refractivity contribution in [3.63, 3.8) is 0 Å². The molecule has 0 bridgehead atoms. The lowest BCUT2D eigenvalue weighted by atomic mass is 9.99. The number of allylic oxidation sites excluding steroid dienone is 2. The second-order valence-corrected chi connectivity index (χ2v) is 10.6. The van der Waals surface area contributed by atoms with Crippen molar-refractivity contribution in [1.29, 1.82) is 0 Å². The zero-order valence-corrected chi connectivity index (χ0v) is 20.3. The first-order valence-corrected chi connectivity index (χ1v) is 13.0. The largest absolute Gasteiger partial charge is 0.508 e. The Morgan fingerprint density at radius 1 is 0.861 bits per heavy atom. The quantitative estimate of drug-likeness (QED) is 0.291. The molecule has 2 atom stereocenters. The number of ether oxygens (including phenoxy) is 1. The van der Waals surface area contributed by atoms with E-state index in [0.717, 1.165) is 34.6 Å². The molecule has 2 aliphatic rings. The van der Waals surface area contributed by atoms with Crippen molar-refractivity contribution in [1.82, 2.24) is 0 Å². The first kappa shape index (κ1) is 23.9. The molecule has 0 saturated heterocycles. The van der Waals surface area contributed by atoms with Crippen molar-refractivity contribution in [2.45, 2.75) is 19.5 Å². The third kappa shape index (κ3) is 4.32. The maximum atomic E-state index is 10.0. The summed E-state index contributed by atoms with van der Waals surface area (Å²) in [5.41, 5.74) is 7.06. The van der Waals surface area contributed by atoms with Crippen LogP contribution in [0.5, 0.6) is 17.2 Å². The molecule has 1 aliphatic carbocycles. The highest BCUT2D eigenvalue weighted by atomic mass is 31.1. The van der Waals surface area contributed by atoms with Crippen molar-refractivity contribution >= 4 is 25.6 Å². The highest BCUT2D eigenvalue weighted by Gasteiger charge is 2.36. The van der Waals surface area contributed by atoms with Crippen LogP contribution in [0.15, 0.2) is 103 Å². The Hall–Kier alpha value is -3.81. The minimum absolute atomic E-state index is 0. The van der Waals surface area contributed by atoms with E-state index >= 15 is 0 Å². The molecule has 4 aromatic carbocycles. The lowest BCUT2D eigenvalue weighted by Gasteiger charge is -2.35. The van der Waals surface area contributed by atoms with Gasteiger partial charge in [0.1, 0.15) is 25.4 Å². The standard InChI is InChI=1S/C31H25O3P.CH4/c1-33-26-17-14-21(15-18-26)31(24-8-6-7-22-20-25(32)16-13-23(22)19-24)35-30-12-5-3-10-28(30)27-9-2-4-11-29(27)34-35;/h2-7,9-20,31-32H,8H2,1H3;1H4. The predicted octanol–water partition coefficient (Wildman–Crippen LogP) is 8.36. The van der Waals surface area contributed by atoms with Crippen LogP contribution in [0.1, 0.15) is 36.2 Å². The van der Waals surface area contributed by atoms with Gasteiger partial charge in [-0.3, -0.25) is 0 Å². The summed E-state index contributed by atoms with van der Waals surface area (Å²) in [6.07, 6.45) is 7.37. The SMILES string of the molecule is C.COc1ccc(C(C2=Cc3ccc(O)cc3C=CC2)P2Oc3ccccc3-c3ccccc32)cc1. The Morgan fingerprint density at radius 3 is 2.42 bits per heavy atom. The number of hydrogen-bond acceptors (Lipinski definition) is 3. The van der Waals surface area contributed by atoms with Gasteiger partial charge in [0.05, 0.1) is 12.8 Å². The molecule has 0 amide bonds. The van der Waals surface area contributed by atoms with E-state index in [4.69, 9.17) is 9.26 Å². The highest BCUT2D eigenvalue weighted by Crippen LogP contribution is 2.60. The minimum Gasteiger partial charge on any atom is -0.508 e. The molecule has 0 fully saturated rings. The highest BCUT2D eigenvalue weighted by molar-refractivity contribution is 7.62. The van der Waals surface area contributed by atoms with E-state index in [1.54, 1.807) is 13.2 Å². The second kappa shape index (κ2) is 10.0. The first-order valence-electron chi connectivity index (χ1n) is 11.7. The van der Waals surface area contributed by atoms with E-state index in [2.05, 4.69) is 72.8 Å². The molecular formula is C32H29O3P. The smallest absolute Gasteiger partial charge is 0.131 e. The van der Waals surface area contributed by atoms with E-state index in [0.29, 0.717) is 0 Å². The van der Waals surface area contributed by atoms with E-state index < -0.39 is 8.15 Å². The molecule has 6 rings (SSSR count). The fourth-order valence-electron chi connectivity index (χ4n) is 4.90. The Kier molecular flexibility index (Phi) is 6.67. The molecular weight excluding hydrogens is 463 g/mol. The number of methoxy groups -OCH3 is 1. The molecule has 0 spiro atoms. The van der Waals surface area contributed by atoms with Crippen LogP contribution in [0.25, 0.3) is 23.3 Å². The van der Waals surface area contributed by atoms with Crippen LogP contribution < -0.4 is 14.6 Å². The van der Waals surface area contributed by atoms with Crippen molar-refractivity contribution in [2.75, 3.05) is 7.11 Å². The molecule has 1 heterocycles. The number of hydrogen-bond donors (Lipinski definition) is 1. The van der Waals surface area contributed by atoms with Crippen molar-refractivity contribution in [2.24, 2.45) is 0 Å². The molecule has 0 radical (unpaired) electrons. The zero-order chi connectivity index (χ0) is 23.8. The average Bonchev–Trinajstić information content (AvgIpc) is 3.11. The molecule has 0 aromatic heterocycles. The van der Waals surface area contributed by atoms with Gasteiger partial charge in [0.25, 0.3) is 0 Å². The lowest BCUT2D eigenvalue weighted by Crippen LogP contribution is -2.19. The third-order valence-corrected chi connectivity index (χ3v) is 8.95. The molecule has 3 nitrogen and oxygen atoms in total. The molecule has 1 aliphatic heterocycles. The van der Waals surface area contributed by atoms with Gasteiger partial charge in [0.15, 0.2) is 0 Å². The van der Waals surface area contributed by atoms with Gasteiger partial charge in [0, 0.05) is 10.9 Å². The first-order chi connectivity index (χ1) is 17.2. The van der Waals surface area contributed by atoms with Crippen molar-refractivity contribution in [3.8, 4) is 28.4 Å². The monoisotopic (exact) mass is 492 g/mol. The van der Waals surface area contributed by atoms with Gasteiger partial charge >= 0.3 is 0 Å². The fourth-order valence-corrected chi connectivity index (χ4v) is 7.35. The number of fused-ring (bicyclic) bond motifs is 4. The summed E-state index contributed by atoms with van der Waals surface area (Å²) in [5, 5.41) is 11.3. The van der Waals surface area contributed by atoms with Gasteiger partial charge in [-0.05, 0) is 59.0 Å². The van der Waals surface area contributed by atoms with Crippen LogP contribution in [0, 0.1) is 0 Å². The maximum absolute atomic E-state index is 10.0. The second-order valence-electron chi connectivity index (χ2n) is 8.75. The number of aromatic hydroxyl groups is 1. The van der Waals surface area contributed by atoms with Crippen LogP contribution in [-0.2, 0) is 0 Å². The van der Waals surface area contributed by atoms with Crippen molar-refractivity contribution in [3.05, 3.63) is 119 Å². The normalized spacial score (nSPS) is 16.1. The van der Waals surface area contributed by atoms with E-state index in [9.17, 15) is 5.11 Å². The fraction of sp³-hybridized carbons (Fsp3) is 0.125. The molecule has 4 aromatic rings. The summed E-state index contributed by atoms with van der Waals surface area (Å²) < 4.78 is 12.3. The molecule has 36 heavy (non-hydrogen) atoms. The van der Waals surface area contributed by atoms with Gasteiger partial charge in [-0.15, -0.1) is 0 Å². The lowest BCUT2D eigenvalue weighted by molar-refractivity contribution is 0.414. The summed E-state index contributed by atoms with van der Waals surface area (Å²) in [5.74, 6) is 2.06. The number of rotatable bonds is 4. The predicted molar refractivity (Wildman–Crippen MR) is 151 cm³/mol. The topological polar surface area (TPSA) is 38.7 Å². The van der Waals surface area contributed by atoms with Crippen molar-refractivity contribution < 1.29 is 14.4 Å². The third-order valence-electron chi connectivity index (χ3n) is 6.59. The Morgan fingerprint density at radius 2 is 1.61 bits per heavy atom. The number of para-hydroxylation sites is 1. The van der Waals surface area contributed by atoms with Gasteiger partial charge in [-0.1, -0.05) is 91.9 Å². The number of phenolic OH excluding ortho intramolecular Hbond substituents is 1. The Balaban J connectivity index is 0.00000267. The molecule has 4 heteroatoms. The Labute approximate surface area is 214 Å². The van der Waals surface area contributed by atoms with Gasteiger partial charge in [0.2, 0.25) is 0 Å². The zero-order valence-electron chi connectivity index (χ0n) is 19.4. The average molecular weight is 493 g/mol.